The highest BCUT2D eigenvalue weighted by molar-refractivity contribution is 9.10. The third kappa shape index (κ3) is 3.92. The lowest BCUT2D eigenvalue weighted by Gasteiger charge is -2.31. The van der Waals surface area contributed by atoms with Crippen LogP contribution >= 0.6 is 39.1 Å². The van der Waals surface area contributed by atoms with Crippen molar-refractivity contribution in [1.82, 2.24) is 4.31 Å². The maximum absolute atomic E-state index is 12.7. The Kier molecular flexibility index (Phi) is 5.96. The summed E-state index contributed by atoms with van der Waals surface area (Å²) in [4.78, 5) is -0.0242. The number of hydrogen-bond acceptors (Lipinski definition) is 3. The highest BCUT2D eigenvalue weighted by Crippen LogP contribution is 2.35. The maximum atomic E-state index is 12.7. The van der Waals surface area contributed by atoms with E-state index in [9.17, 15) is 8.42 Å². The second kappa shape index (κ2) is 7.15. The molecule has 4 nitrogen and oxygen atoms in total. The number of nitrogens with zero attached hydrogens (tertiary/aromatic N) is 1. The lowest BCUT2D eigenvalue weighted by atomic mass is 10.1. The van der Waals surface area contributed by atoms with Gasteiger partial charge in [0.25, 0.3) is 0 Å². The molecule has 21 heavy (non-hydrogen) atoms. The average Bonchev–Trinajstić information content (AvgIpc) is 2.38. The largest absolute Gasteiger partial charge is 0.378 e. The van der Waals surface area contributed by atoms with Gasteiger partial charge in [0.1, 0.15) is 4.90 Å². The van der Waals surface area contributed by atoms with Crippen LogP contribution < -0.4 is 0 Å². The van der Waals surface area contributed by atoms with E-state index >= 15 is 0 Å². The highest BCUT2D eigenvalue weighted by Gasteiger charge is 2.32. The first-order valence-electron chi connectivity index (χ1n) is 6.62. The first kappa shape index (κ1) is 17.5. The molecule has 0 amide bonds. The lowest BCUT2D eigenvalue weighted by molar-refractivity contribution is 0.0290. The van der Waals surface area contributed by atoms with Gasteiger partial charge < -0.3 is 4.74 Å². The number of sulfonamides is 1. The van der Waals surface area contributed by atoms with E-state index < -0.39 is 10.0 Å². The second-order valence-corrected chi connectivity index (χ2v) is 8.36. The van der Waals surface area contributed by atoms with Crippen LogP contribution in [0.25, 0.3) is 0 Å². The number of hydrogen-bond donors (Lipinski definition) is 0. The van der Waals surface area contributed by atoms with Crippen molar-refractivity contribution >= 4 is 49.2 Å². The molecule has 8 heteroatoms. The van der Waals surface area contributed by atoms with Gasteiger partial charge in [-0.1, -0.05) is 39.1 Å². The molecule has 0 radical (unpaired) electrons. The van der Waals surface area contributed by atoms with E-state index in [0.717, 1.165) is 0 Å². The van der Waals surface area contributed by atoms with Crippen LogP contribution in [0.2, 0.25) is 10.0 Å². The molecule has 118 valence electrons. The first-order chi connectivity index (χ1) is 9.86. The SMILES string of the molecule is CCOC1CCN(S(=O)(=O)c2c(Cl)cc(Br)cc2Cl)CC1. The van der Waals surface area contributed by atoms with Crippen LogP contribution in [-0.2, 0) is 14.8 Å². The summed E-state index contributed by atoms with van der Waals surface area (Å²) in [6.45, 7) is 3.40. The Labute approximate surface area is 143 Å². The molecular formula is C13H16BrCl2NO3S. The Morgan fingerprint density at radius 1 is 1.29 bits per heavy atom. The monoisotopic (exact) mass is 415 g/mol. The summed E-state index contributed by atoms with van der Waals surface area (Å²) in [6, 6.07) is 3.07. The Balaban J connectivity index is 2.24. The van der Waals surface area contributed by atoms with Crippen molar-refractivity contribution in [1.29, 1.82) is 0 Å². The summed E-state index contributed by atoms with van der Waals surface area (Å²) in [5.41, 5.74) is 0. The summed E-state index contributed by atoms with van der Waals surface area (Å²) in [5, 5.41) is 0.252. The second-order valence-electron chi connectivity index (χ2n) is 4.76. The summed E-state index contributed by atoms with van der Waals surface area (Å²) < 4.78 is 33.0. The quantitative estimate of drug-likeness (QED) is 0.746. The van der Waals surface area contributed by atoms with Crippen molar-refractivity contribution in [2.75, 3.05) is 19.7 Å². The normalized spacial score (nSPS) is 18.1. The van der Waals surface area contributed by atoms with E-state index in [1.165, 1.54) is 16.4 Å². The van der Waals surface area contributed by atoms with Gasteiger partial charge >= 0.3 is 0 Å². The van der Waals surface area contributed by atoms with Gasteiger partial charge in [0.05, 0.1) is 16.1 Å². The third-order valence-electron chi connectivity index (χ3n) is 3.36. The zero-order valence-corrected chi connectivity index (χ0v) is 15.4. The van der Waals surface area contributed by atoms with Crippen molar-refractivity contribution in [2.45, 2.75) is 30.8 Å². The summed E-state index contributed by atoms with van der Waals surface area (Å²) >= 11 is 15.4. The zero-order chi connectivity index (χ0) is 15.6. The van der Waals surface area contributed by atoms with E-state index in [2.05, 4.69) is 15.9 Å². The van der Waals surface area contributed by atoms with Crippen LogP contribution in [0, 0.1) is 0 Å². The van der Waals surface area contributed by atoms with Gasteiger partial charge in [-0.2, -0.15) is 4.31 Å². The topological polar surface area (TPSA) is 46.6 Å². The molecule has 1 aliphatic rings. The maximum Gasteiger partial charge on any atom is 0.246 e. The molecule has 1 heterocycles. The van der Waals surface area contributed by atoms with E-state index in [-0.39, 0.29) is 21.0 Å². The molecule has 1 saturated heterocycles. The van der Waals surface area contributed by atoms with Crippen LogP contribution in [0.1, 0.15) is 19.8 Å². The van der Waals surface area contributed by atoms with Gasteiger partial charge in [0, 0.05) is 24.2 Å². The summed E-state index contributed by atoms with van der Waals surface area (Å²) in [5.74, 6) is 0. The molecule has 0 N–H and O–H groups in total. The molecular weight excluding hydrogens is 401 g/mol. The number of benzene rings is 1. The van der Waals surface area contributed by atoms with Crippen molar-refractivity contribution in [3.63, 3.8) is 0 Å². The predicted octanol–water partition coefficient (Wildman–Crippen LogP) is 3.95. The molecule has 0 aliphatic carbocycles. The van der Waals surface area contributed by atoms with Gasteiger partial charge in [-0.05, 0) is 31.9 Å². The standard InChI is InChI=1S/C13H16BrCl2NO3S/c1-2-20-10-3-5-17(6-4-10)21(18,19)13-11(15)7-9(14)8-12(13)16/h7-8,10H,2-6H2,1H3. The van der Waals surface area contributed by atoms with Crippen LogP contribution in [0.15, 0.2) is 21.5 Å². The van der Waals surface area contributed by atoms with Crippen LogP contribution in [0.5, 0.6) is 0 Å². The molecule has 2 rings (SSSR count). The molecule has 1 aliphatic heterocycles. The molecule has 0 atom stereocenters. The number of rotatable bonds is 4. The van der Waals surface area contributed by atoms with Crippen molar-refractivity contribution < 1.29 is 13.2 Å². The van der Waals surface area contributed by atoms with Gasteiger partial charge in [-0.3, -0.25) is 0 Å². The molecule has 0 spiro atoms. The lowest BCUT2D eigenvalue weighted by Crippen LogP contribution is -2.41. The van der Waals surface area contributed by atoms with Gasteiger partial charge in [0.15, 0.2) is 0 Å². The Morgan fingerprint density at radius 3 is 2.29 bits per heavy atom. The summed E-state index contributed by atoms with van der Waals surface area (Å²) in [6.07, 6.45) is 1.48. The molecule has 1 aromatic rings. The molecule has 0 saturated carbocycles. The molecule has 1 fully saturated rings. The number of ether oxygens (including phenoxy) is 1. The third-order valence-corrected chi connectivity index (χ3v) is 6.64. The fraction of sp³-hybridized carbons (Fsp3) is 0.538. The van der Waals surface area contributed by atoms with E-state index in [0.29, 0.717) is 37.0 Å². The van der Waals surface area contributed by atoms with E-state index in [1.807, 2.05) is 6.92 Å². The van der Waals surface area contributed by atoms with Gasteiger partial charge in [0.2, 0.25) is 10.0 Å². The Bertz CT molecular complexity index is 593. The highest BCUT2D eigenvalue weighted by atomic mass is 79.9. The zero-order valence-electron chi connectivity index (χ0n) is 11.5. The minimum Gasteiger partial charge on any atom is -0.378 e. The Morgan fingerprint density at radius 2 is 1.81 bits per heavy atom. The number of halogens is 3. The predicted molar refractivity (Wildman–Crippen MR) is 87.6 cm³/mol. The minimum atomic E-state index is -3.69. The van der Waals surface area contributed by atoms with Crippen LogP contribution in [0.4, 0.5) is 0 Å². The summed E-state index contributed by atoms with van der Waals surface area (Å²) in [7, 11) is -3.69. The molecule has 1 aromatic carbocycles. The Hall–Kier alpha value is 0.150. The van der Waals surface area contributed by atoms with Crippen LogP contribution in [0.3, 0.4) is 0 Å². The van der Waals surface area contributed by atoms with Crippen molar-refractivity contribution in [3.05, 3.63) is 26.7 Å². The van der Waals surface area contributed by atoms with Crippen molar-refractivity contribution in [3.8, 4) is 0 Å². The van der Waals surface area contributed by atoms with E-state index in [4.69, 9.17) is 27.9 Å². The van der Waals surface area contributed by atoms with Crippen LogP contribution in [-0.4, -0.2) is 38.5 Å². The fourth-order valence-electron chi connectivity index (χ4n) is 2.38. The molecule has 0 aromatic heterocycles. The average molecular weight is 417 g/mol. The molecule has 0 unspecified atom stereocenters. The van der Waals surface area contributed by atoms with E-state index in [1.54, 1.807) is 0 Å². The minimum absolute atomic E-state index is 0.0242. The van der Waals surface area contributed by atoms with Gasteiger partial charge in [-0.25, -0.2) is 8.42 Å². The molecule has 0 bridgehead atoms. The first-order valence-corrected chi connectivity index (χ1v) is 9.61. The fourth-order valence-corrected chi connectivity index (χ4v) is 5.73. The number of piperidine rings is 1. The van der Waals surface area contributed by atoms with Crippen molar-refractivity contribution in [2.24, 2.45) is 0 Å². The van der Waals surface area contributed by atoms with Gasteiger partial charge in [-0.15, -0.1) is 0 Å². The smallest absolute Gasteiger partial charge is 0.246 e.